The van der Waals surface area contributed by atoms with Crippen molar-refractivity contribution in [3.05, 3.63) is 12.2 Å². The molecule has 0 aromatic heterocycles. The first-order chi connectivity index (χ1) is 26.8. The van der Waals surface area contributed by atoms with Gasteiger partial charge >= 0.3 is 19.8 Å². The van der Waals surface area contributed by atoms with E-state index in [-0.39, 0.29) is 19.4 Å². The fraction of sp³-hybridized carbons (Fsp3) is 0.913. The van der Waals surface area contributed by atoms with E-state index in [0.29, 0.717) is 6.42 Å². The Morgan fingerprint density at radius 1 is 0.455 bits per heavy atom. The number of phosphoric ester groups is 1. The van der Waals surface area contributed by atoms with Crippen molar-refractivity contribution in [1.29, 1.82) is 0 Å². The second-order valence-corrected chi connectivity index (χ2v) is 17.3. The highest BCUT2D eigenvalue weighted by Crippen LogP contribution is 2.36. The Hall–Kier alpha value is -1.21. The van der Waals surface area contributed by atoms with E-state index < -0.39 is 32.5 Å². The molecule has 8 nitrogen and oxygen atoms in total. The lowest BCUT2D eigenvalue weighted by Gasteiger charge is -2.18. The third-order valence-electron chi connectivity index (χ3n) is 10.5. The van der Waals surface area contributed by atoms with E-state index in [9.17, 15) is 14.2 Å². The van der Waals surface area contributed by atoms with Gasteiger partial charge in [-0.2, -0.15) is 0 Å². The Balaban J connectivity index is 3.79. The van der Waals surface area contributed by atoms with Crippen LogP contribution in [0.3, 0.4) is 0 Å². The topological polar surface area (TPSA) is 119 Å². The fourth-order valence-corrected chi connectivity index (χ4v) is 7.38. The molecule has 0 aliphatic heterocycles. The molecule has 0 unspecified atom stereocenters. The maximum atomic E-state index is 12.4. The molecule has 0 amide bonds. The largest absolute Gasteiger partial charge is 0.469 e. The second kappa shape index (κ2) is 42.4. The van der Waals surface area contributed by atoms with Gasteiger partial charge in [0.05, 0.1) is 6.61 Å². The summed E-state index contributed by atoms with van der Waals surface area (Å²) in [5.41, 5.74) is 0. The van der Waals surface area contributed by atoms with Crippen LogP contribution in [0, 0.1) is 0 Å². The first-order valence-electron chi connectivity index (χ1n) is 23.5. The first kappa shape index (κ1) is 53.8. The van der Waals surface area contributed by atoms with E-state index in [0.717, 1.165) is 44.9 Å². The van der Waals surface area contributed by atoms with E-state index >= 15 is 0 Å². The minimum absolute atomic E-state index is 0.211. The van der Waals surface area contributed by atoms with Crippen LogP contribution in [0.1, 0.15) is 251 Å². The summed E-state index contributed by atoms with van der Waals surface area (Å²) >= 11 is 0. The van der Waals surface area contributed by atoms with Crippen LogP contribution in [0.25, 0.3) is 0 Å². The zero-order chi connectivity index (χ0) is 40.3. The molecular weight excluding hydrogens is 711 g/mol. The molecule has 0 heterocycles. The van der Waals surface area contributed by atoms with Gasteiger partial charge in [-0.25, -0.2) is 4.57 Å². The SMILES string of the molecule is CCCCCC/C=C/CCCCCCCCCC(=O)O[C@H](COC(=O)CCCCCCCCCCCCCCCCCCCCCCCC)COP(=O)(O)O. The smallest absolute Gasteiger partial charge is 0.462 e. The van der Waals surface area contributed by atoms with Crippen molar-refractivity contribution in [1.82, 2.24) is 0 Å². The van der Waals surface area contributed by atoms with Crippen molar-refractivity contribution in [3.63, 3.8) is 0 Å². The lowest BCUT2D eigenvalue weighted by Crippen LogP contribution is -2.29. The molecule has 9 heteroatoms. The van der Waals surface area contributed by atoms with Crippen molar-refractivity contribution in [2.24, 2.45) is 0 Å². The fourth-order valence-electron chi connectivity index (χ4n) is 7.02. The van der Waals surface area contributed by atoms with Crippen LogP contribution < -0.4 is 0 Å². The molecule has 0 aromatic carbocycles. The summed E-state index contributed by atoms with van der Waals surface area (Å²) in [4.78, 5) is 42.9. The van der Waals surface area contributed by atoms with Gasteiger partial charge in [-0.05, 0) is 38.5 Å². The van der Waals surface area contributed by atoms with Gasteiger partial charge in [0.1, 0.15) is 6.61 Å². The van der Waals surface area contributed by atoms with Gasteiger partial charge < -0.3 is 19.3 Å². The van der Waals surface area contributed by atoms with E-state index in [4.69, 9.17) is 19.3 Å². The Labute approximate surface area is 339 Å². The Morgan fingerprint density at radius 2 is 0.764 bits per heavy atom. The van der Waals surface area contributed by atoms with Crippen LogP contribution in [0.15, 0.2) is 12.2 Å². The lowest BCUT2D eigenvalue weighted by molar-refractivity contribution is -0.161. The number of allylic oxidation sites excluding steroid dienone is 2. The molecule has 2 N–H and O–H groups in total. The van der Waals surface area contributed by atoms with Crippen LogP contribution >= 0.6 is 7.82 Å². The van der Waals surface area contributed by atoms with E-state index in [1.807, 2.05) is 0 Å². The van der Waals surface area contributed by atoms with Crippen molar-refractivity contribution < 1.29 is 37.9 Å². The molecule has 0 saturated heterocycles. The predicted octanol–water partition coefficient (Wildman–Crippen LogP) is 14.6. The highest BCUT2D eigenvalue weighted by Gasteiger charge is 2.23. The molecule has 0 fully saturated rings. The normalized spacial score (nSPS) is 12.4. The number of rotatable bonds is 44. The minimum atomic E-state index is -4.75. The third kappa shape index (κ3) is 45.4. The lowest BCUT2D eigenvalue weighted by atomic mass is 10.0. The molecule has 0 radical (unpaired) electrons. The van der Waals surface area contributed by atoms with Gasteiger partial charge in [-0.3, -0.25) is 14.1 Å². The monoisotopic (exact) mass is 801 g/mol. The number of hydrogen-bond acceptors (Lipinski definition) is 6. The molecule has 0 aliphatic carbocycles. The molecule has 0 rings (SSSR count). The average Bonchev–Trinajstić information content (AvgIpc) is 3.16. The Bertz CT molecular complexity index is 904. The van der Waals surface area contributed by atoms with Crippen LogP contribution in [0.4, 0.5) is 0 Å². The summed E-state index contributed by atoms with van der Waals surface area (Å²) in [5, 5.41) is 0. The van der Waals surface area contributed by atoms with Gasteiger partial charge in [0, 0.05) is 12.8 Å². The third-order valence-corrected chi connectivity index (χ3v) is 11.0. The van der Waals surface area contributed by atoms with Gasteiger partial charge in [-0.1, -0.05) is 212 Å². The van der Waals surface area contributed by atoms with Crippen molar-refractivity contribution in [3.8, 4) is 0 Å². The predicted molar refractivity (Wildman–Crippen MR) is 230 cm³/mol. The minimum Gasteiger partial charge on any atom is -0.462 e. The van der Waals surface area contributed by atoms with Crippen LogP contribution in [-0.4, -0.2) is 41.0 Å². The standard InChI is InChI=1S/C46H89O8P/c1-3-5-7-9-11-13-15-17-19-20-21-22-23-24-25-27-28-30-32-34-36-38-40-45(47)52-42-44(43-53-55(49,50)51)54-46(48)41-39-37-35-33-31-29-26-18-16-14-12-10-8-6-4-2/h14,16,44H,3-13,15,17-43H2,1-2H3,(H2,49,50,51)/b16-14+/t44-/m1/s1. The summed E-state index contributed by atoms with van der Waals surface area (Å²) in [7, 11) is -4.75. The molecule has 0 bridgehead atoms. The van der Waals surface area contributed by atoms with Gasteiger partial charge in [0.15, 0.2) is 6.10 Å². The maximum absolute atomic E-state index is 12.4. The van der Waals surface area contributed by atoms with Crippen molar-refractivity contribution in [2.75, 3.05) is 13.2 Å². The van der Waals surface area contributed by atoms with E-state index in [1.165, 1.54) is 173 Å². The van der Waals surface area contributed by atoms with Crippen LogP contribution in [0.2, 0.25) is 0 Å². The Morgan fingerprint density at radius 3 is 1.13 bits per heavy atom. The molecule has 0 aromatic rings. The second-order valence-electron chi connectivity index (χ2n) is 16.1. The van der Waals surface area contributed by atoms with Crippen LogP contribution in [0.5, 0.6) is 0 Å². The number of phosphoric acid groups is 1. The number of esters is 2. The number of hydrogen-bond donors (Lipinski definition) is 2. The van der Waals surface area contributed by atoms with Gasteiger partial charge in [-0.15, -0.1) is 0 Å². The molecular formula is C46H89O8P. The highest BCUT2D eigenvalue weighted by atomic mass is 31.2. The molecule has 326 valence electrons. The highest BCUT2D eigenvalue weighted by molar-refractivity contribution is 7.46. The quantitative estimate of drug-likeness (QED) is 0.0271. The molecule has 0 aliphatic rings. The summed E-state index contributed by atoms with van der Waals surface area (Å²) in [6, 6.07) is 0. The first-order valence-corrected chi connectivity index (χ1v) is 25.0. The van der Waals surface area contributed by atoms with Crippen molar-refractivity contribution >= 4 is 19.8 Å². The Kier molecular flexibility index (Phi) is 41.5. The van der Waals surface area contributed by atoms with Crippen molar-refractivity contribution in [2.45, 2.75) is 258 Å². The zero-order valence-corrected chi connectivity index (χ0v) is 37.0. The number of unbranched alkanes of at least 4 members (excludes halogenated alkanes) is 32. The molecule has 55 heavy (non-hydrogen) atoms. The van der Waals surface area contributed by atoms with E-state index in [2.05, 4.69) is 30.5 Å². The zero-order valence-electron chi connectivity index (χ0n) is 36.1. The van der Waals surface area contributed by atoms with Gasteiger partial charge in [0.25, 0.3) is 0 Å². The number of carbonyl (C=O) groups is 2. The van der Waals surface area contributed by atoms with Crippen LogP contribution in [-0.2, 0) is 28.2 Å². The summed E-state index contributed by atoms with van der Waals surface area (Å²) < 4.78 is 26.5. The maximum Gasteiger partial charge on any atom is 0.469 e. The molecule has 0 spiro atoms. The summed E-state index contributed by atoms with van der Waals surface area (Å²) in [6.45, 7) is 3.71. The summed E-state index contributed by atoms with van der Waals surface area (Å²) in [5.74, 6) is -0.875. The average molecular weight is 801 g/mol. The van der Waals surface area contributed by atoms with Gasteiger partial charge in [0.2, 0.25) is 0 Å². The number of ether oxygens (including phenoxy) is 2. The molecule has 1 atom stereocenters. The summed E-state index contributed by atoms with van der Waals surface area (Å²) in [6.07, 6.45) is 48.0. The molecule has 0 saturated carbocycles. The number of carbonyl (C=O) groups excluding carboxylic acids is 2. The van der Waals surface area contributed by atoms with E-state index in [1.54, 1.807) is 0 Å².